The summed E-state index contributed by atoms with van der Waals surface area (Å²) in [5.74, 6) is 0.787. The Morgan fingerprint density at radius 1 is 1.26 bits per heavy atom. The van der Waals surface area contributed by atoms with Gasteiger partial charge in [0.1, 0.15) is 0 Å². The van der Waals surface area contributed by atoms with Gasteiger partial charge in [0.15, 0.2) is 0 Å². The van der Waals surface area contributed by atoms with Crippen LogP contribution in [0, 0.1) is 5.92 Å². The Hall–Kier alpha value is -0.910. The molecule has 0 aromatic heterocycles. The molecular weight excluding hydrogens is 260 g/mol. The molecule has 0 spiro atoms. The predicted octanol–water partition coefficient (Wildman–Crippen LogP) is 1.53. The standard InChI is InChI=1S/C14H22N2O2S/c1-3-16-19(17,18)13-8-4-11(5-9-13)10-14(15-2)12-6-7-12/h4-5,8-9,12,14-16H,3,6-7,10H2,1-2H3. The van der Waals surface area contributed by atoms with E-state index in [0.717, 1.165) is 12.3 Å². The Morgan fingerprint density at radius 2 is 1.89 bits per heavy atom. The summed E-state index contributed by atoms with van der Waals surface area (Å²) in [4.78, 5) is 0.338. The van der Waals surface area contributed by atoms with Gasteiger partial charge < -0.3 is 5.32 Å². The maximum absolute atomic E-state index is 11.8. The fourth-order valence-electron chi connectivity index (χ4n) is 2.34. The van der Waals surface area contributed by atoms with Crippen molar-refractivity contribution >= 4 is 10.0 Å². The van der Waals surface area contributed by atoms with E-state index in [4.69, 9.17) is 0 Å². The highest BCUT2D eigenvalue weighted by Crippen LogP contribution is 2.33. The number of sulfonamides is 1. The molecule has 2 N–H and O–H groups in total. The molecule has 0 bridgehead atoms. The highest BCUT2D eigenvalue weighted by atomic mass is 32.2. The first-order valence-electron chi connectivity index (χ1n) is 6.82. The summed E-state index contributed by atoms with van der Waals surface area (Å²) in [5.41, 5.74) is 1.18. The molecular formula is C14H22N2O2S. The topological polar surface area (TPSA) is 58.2 Å². The van der Waals surface area contributed by atoms with Crippen LogP contribution >= 0.6 is 0 Å². The van der Waals surface area contributed by atoms with Crippen molar-refractivity contribution in [2.24, 2.45) is 5.92 Å². The van der Waals surface area contributed by atoms with Gasteiger partial charge in [0.05, 0.1) is 4.90 Å². The number of rotatable bonds is 7. The highest BCUT2D eigenvalue weighted by Gasteiger charge is 2.29. The van der Waals surface area contributed by atoms with Crippen molar-refractivity contribution in [3.63, 3.8) is 0 Å². The van der Waals surface area contributed by atoms with Crippen molar-refractivity contribution in [1.29, 1.82) is 0 Å². The minimum Gasteiger partial charge on any atom is -0.316 e. The molecule has 1 aliphatic carbocycles. The Bertz CT molecular complexity index is 507. The van der Waals surface area contributed by atoms with E-state index >= 15 is 0 Å². The van der Waals surface area contributed by atoms with Crippen LogP contribution in [0.5, 0.6) is 0 Å². The van der Waals surface area contributed by atoms with Gasteiger partial charge >= 0.3 is 0 Å². The van der Waals surface area contributed by atoms with Gasteiger partial charge in [-0.1, -0.05) is 19.1 Å². The van der Waals surface area contributed by atoms with E-state index in [1.165, 1.54) is 18.4 Å². The van der Waals surface area contributed by atoms with Crippen molar-refractivity contribution in [3.05, 3.63) is 29.8 Å². The number of hydrogen-bond acceptors (Lipinski definition) is 3. The molecule has 106 valence electrons. The average molecular weight is 282 g/mol. The van der Waals surface area contributed by atoms with Gasteiger partial charge in [0.25, 0.3) is 0 Å². The molecule has 1 aromatic carbocycles. The zero-order valence-electron chi connectivity index (χ0n) is 11.5. The summed E-state index contributed by atoms with van der Waals surface area (Å²) in [6.45, 7) is 2.19. The Balaban J connectivity index is 2.05. The highest BCUT2D eigenvalue weighted by molar-refractivity contribution is 7.89. The Kier molecular flexibility index (Phi) is 4.60. The summed E-state index contributed by atoms with van der Waals surface area (Å²) in [6.07, 6.45) is 3.57. The molecule has 0 aliphatic heterocycles. The molecule has 1 aliphatic rings. The smallest absolute Gasteiger partial charge is 0.240 e. The van der Waals surface area contributed by atoms with Gasteiger partial charge in [-0.3, -0.25) is 0 Å². The fraction of sp³-hybridized carbons (Fsp3) is 0.571. The van der Waals surface area contributed by atoms with Crippen molar-refractivity contribution in [3.8, 4) is 0 Å². The Labute approximate surface area is 115 Å². The van der Waals surface area contributed by atoms with Crippen LogP contribution in [0.3, 0.4) is 0 Å². The van der Waals surface area contributed by atoms with Gasteiger partial charge in [0.2, 0.25) is 10.0 Å². The van der Waals surface area contributed by atoms with E-state index in [2.05, 4.69) is 10.0 Å². The lowest BCUT2D eigenvalue weighted by Gasteiger charge is -2.15. The second kappa shape index (κ2) is 6.03. The van der Waals surface area contributed by atoms with E-state index in [-0.39, 0.29) is 0 Å². The largest absolute Gasteiger partial charge is 0.316 e. The molecule has 0 saturated heterocycles. The molecule has 0 radical (unpaired) electrons. The van der Waals surface area contributed by atoms with E-state index < -0.39 is 10.0 Å². The maximum Gasteiger partial charge on any atom is 0.240 e. The summed E-state index contributed by atoms with van der Waals surface area (Å²) in [5, 5.41) is 3.35. The van der Waals surface area contributed by atoms with Crippen LogP contribution in [-0.2, 0) is 16.4 Å². The van der Waals surface area contributed by atoms with Crippen molar-refractivity contribution < 1.29 is 8.42 Å². The quantitative estimate of drug-likeness (QED) is 0.797. The van der Waals surface area contributed by atoms with Crippen LogP contribution in [0.1, 0.15) is 25.3 Å². The lowest BCUT2D eigenvalue weighted by molar-refractivity contribution is 0.500. The molecule has 0 amide bonds. The molecule has 1 saturated carbocycles. The number of nitrogens with one attached hydrogen (secondary N) is 2. The summed E-state index contributed by atoms with van der Waals surface area (Å²) >= 11 is 0. The van der Waals surface area contributed by atoms with Crippen LogP contribution in [-0.4, -0.2) is 28.1 Å². The first-order chi connectivity index (χ1) is 9.06. The predicted molar refractivity (Wildman–Crippen MR) is 76.6 cm³/mol. The van der Waals surface area contributed by atoms with Crippen LogP contribution in [0.25, 0.3) is 0 Å². The number of likely N-dealkylation sites (N-methyl/N-ethyl adjacent to an activating group) is 1. The van der Waals surface area contributed by atoms with Crippen LogP contribution < -0.4 is 10.0 Å². The molecule has 1 aromatic rings. The molecule has 2 rings (SSSR count). The first kappa shape index (κ1) is 14.5. The molecule has 1 fully saturated rings. The second-order valence-corrected chi connectivity index (χ2v) is 6.85. The first-order valence-corrected chi connectivity index (χ1v) is 8.31. The third kappa shape index (κ3) is 3.78. The van der Waals surface area contributed by atoms with Crippen LogP contribution in [0.15, 0.2) is 29.2 Å². The van der Waals surface area contributed by atoms with E-state index in [1.54, 1.807) is 19.1 Å². The normalized spacial score (nSPS) is 17.4. The summed E-state index contributed by atoms with van der Waals surface area (Å²) in [7, 11) is -1.34. The van der Waals surface area contributed by atoms with Gasteiger partial charge in [0, 0.05) is 12.6 Å². The molecule has 5 heteroatoms. The lowest BCUT2D eigenvalue weighted by Crippen LogP contribution is -2.29. The van der Waals surface area contributed by atoms with Gasteiger partial charge in [-0.15, -0.1) is 0 Å². The molecule has 1 unspecified atom stereocenters. The molecule has 1 atom stereocenters. The van der Waals surface area contributed by atoms with Crippen molar-refractivity contribution in [1.82, 2.24) is 10.0 Å². The van der Waals surface area contributed by atoms with Gasteiger partial charge in [-0.2, -0.15) is 0 Å². The van der Waals surface area contributed by atoms with E-state index in [1.807, 2.05) is 19.2 Å². The third-order valence-electron chi connectivity index (χ3n) is 3.59. The Morgan fingerprint density at radius 3 is 2.37 bits per heavy atom. The zero-order valence-corrected chi connectivity index (χ0v) is 12.3. The molecule has 19 heavy (non-hydrogen) atoms. The van der Waals surface area contributed by atoms with Crippen LogP contribution in [0.2, 0.25) is 0 Å². The molecule has 4 nitrogen and oxygen atoms in total. The SMILES string of the molecule is CCNS(=O)(=O)c1ccc(CC(NC)C2CC2)cc1. The third-order valence-corrected chi connectivity index (χ3v) is 5.15. The van der Waals surface area contributed by atoms with Crippen molar-refractivity contribution in [2.45, 2.75) is 37.1 Å². The summed E-state index contributed by atoms with van der Waals surface area (Å²) in [6, 6.07) is 7.71. The average Bonchev–Trinajstić information content (AvgIpc) is 3.21. The fourth-order valence-corrected chi connectivity index (χ4v) is 3.38. The van der Waals surface area contributed by atoms with Gasteiger partial charge in [-0.25, -0.2) is 13.1 Å². The second-order valence-electron chi connectivity index (χ2n) is 5.08. The van der Waals surface area contributed by atoms with Crippen molar-refractivity contribution in [2.75, 3.05) is 13.6 Å². The lowest BCUT2D eigenvalue weighted by atomic mass is 10.0. The molecule has 0 heterocycles. The zero-order chi connectivity index (χ0) is 13.9. The monoisotopic (exact) mass is 282 g/mol. The summed E-state index contributed by atoms with van der Waals surface area (Å²) < 4.78 is 26.1. The van der Waals surface area contributed by atoms with Crippen LogP contribution in [0.4, 0.5) is 0 Å². The maximum atomic E-state index is 11.8. The number of benzene rings is 1. The minimum absolute atomic E-state index is 0.338. The van der Waals surface area contributed by atoms with E-state index in [9.17, 15) is 8.42 Å². The number of hydrogen-bond donors (Lipinski definition) is 2. The minimum atomic E-state index is -3.33. The van der Waals surface area contributed by atoms with E-state index in [0.29, 0.717) is 17.5 Å². The van der Waals surface area contributed by atoms with Gasteiger partial charge in [-0.05, 0) is 49.9 Å².